The van der Waals surface area contributed by atoms with Crippen molar-refractivity contribution in [1.29, 1.82) is 0 Å². The highest BCUT2D eigenvalue weighted by molar-refractivity contribution is 5.78. The molecule has 0 aliphatic rings. The van der Waals surface area contributed by atoms with Gasteiger partial charge in [0.2, 0.25) is 11.8 Å². The molecular weight excluding hydrogens is 414 g/mol. The van der Waals surface area contributed by atoms with Crippen LogP contribution in [0.5, 0.6) is 11.8 Å². The van der Waals surface area contributed by atoms with E-state index in [4.69, 9.17) is 9.47 Å². The Morgan fingerprint density at radius 3 is 1.94 bits per heavy atom. The van der Waals surface area contributed by atoms with Crippen LogP contribution in [-0.4, -0.2) is 14.1 Å². The van der Waals surface area contributed by atoms with E-state index in [1.807, 2.05) is 91.0 Å². The molecular formula is C27H23N3O3. The third-order valence-corrected chi connectivity index (χ3v) is 5.47. The van der Waals surface area contributed by atoms with Gasteiger partial charge in [0.15, 0.2) is 0 Å². The molecule has 6 nitrogen and oxygen atoms in total. The third kappa shape index (κ3) is 4.23. The van der Waals surface area contributed by atoms with E-state index in [2.05, 4.69) is 4.98 Å². The topological polar surface area (TPSA) is 58.3 Å². The summed E-state index contributed by atoms with van der Waals surface area (Å²) in [6.45, 7) is 0.710. The number of imidazole rings is 1. The van der Waals surface area contributed by atoms with Crippen LogP contribution in [-0.2, 0) is 20.3 Å². The molecule has 0 saturated heterocycles. The summed E-state index contributed by atoms with van der Waals surface area (Å²) in [7, 11) is 1.76. The zero-order chi connectivity index (χ0) is 22.6. The van der Waals surface area contributed by atoms with Crippen LogP contribution < -0.4 is 15.2 Å². The predicted octanol–water partition coefficient (Wildman–Crippen LogP) is 4.88. The van der Waals surface area contributed by atoms with Crippen molar-refractivity contribution in [1.82, 2.24) is 14.1 Å². The van der Waals surface area contributed by atoms with Crippen LogP contribution in [0, 0.1) is 0 Å². The standard InChI is InChI=1S/C27H23N3O3/c1-29-22-14-8-9-15-23(22)30(27(29)31)24-16-17-25(32-18-20-10-4-2-5-11-20)28-26(24)33-19-21-12-6-3-7-13-21/h2-17H,18-19H2,1H3. The molecule has 2 heterocycles. The van der Waals surface area contributed by atoms with Gasteiger partial charge in [-0.25, -0.2) is 4.79 Å². The van der Waals surface area contributed by atoms with Gasteiger partial charge < -0.3 is 9.47 Å². The minimum Gasteiger partial charge on any atom is -0.473 e. The first-order valence-corrected chi connectivity index (χ1v) is 10.7. The fraction of sp³-hybridized carbons (Fsp3) is 0.111. The Hall–Kier alpha value is -4.32. The zero-order valence-corrected chi connectivity index (χ0v) is 18.2. The van der Waals surface area contributed by atoms with Gasteiger partial charge >= 0.3 is 5.69 Å². The van der Waals surface area contributed by atoms with E-state index in [1.165, 1.54) is 0 Å². The number of rotatable bonds is 7. The van der Waals surface area contributed by atoms with Gasteiger partial charge in [-0.15, -0.1) is 0 Å². The Bertz CT molecular complexity index is 1440. The Morgan fingerprint density at radius 2 is 1.27 bits per heavy atom. The molecule has 0 aliphatic heterocycles. The highest BCUT2D eigenvalue weighted by atomic mass is 16.5. The lowest BCUT2D eigenvalue weighted by Gasteiger charge is -2.14. The molecule has 6 heteroatoms. The number of hydrogen-bond donors (Lipinski definition) is 0. The SMILES string of the molecule is Cn1c(=O)n(-c2ccc(OCc3ccccc3)nc2OCc2ccccc2)c2ccccc21. The van der Waals surface area contributed by atoms with Gasteiger partial charge in [-0.2, -0.15) is 4.98 Å². The number of pyridine rings is 1. The van der Waals surface area contributed by atoms with Gasteiger partial charge in [0.1, 0.15) is 18.9 Å². The molecule has 164 valence electrons. The first-order chi connectivity index (χ1) is 16.2. The van der Waals surface area contributed by atoms with Crippen molar-refractivity contribution in [2.45, 2.75) is 13.2 Å². The molecule has 3 aromatic carbocycles. The first kappa shape index (κ1) is 20.6. The Kier molecular flexibility index (Phi) is 5.64. The van der Waals surface area contributed by atoms with Crippen molar-refractivity contribution >= 4 is 11.0 Å². The number of para-hydroxylation sites is 2. The van der Waals surface area contributed by atoms with Gasteiger partial charge in [0.25, 0.3) is 0 Å². The van der Waals surface area contributed by atoms with E-state index >= 15 is 0 Å². The predicted molar refractivity (Wildman–Crippen MR) is 128 cm³/mol. The molecule has 0 spiro atoms. The number of ether oxygens (including phenoxy) is 2. The van der Waals surface area contributed by atoms with E-state index in [9.17, 15) is 4.79 Å². The maximum atomic E-state index is 13.1. The number of nitrogens with zero attached hydrogens (tertiary/aromatic N) is 3. The van der Waals surface area contributed by atoms with Crippen LogP contribution >= 0.6 is 0 Å². The van der Waals surface area contributed by atoms with Crippen LogP contribution in [0.1, 0.15) is 11.1 Å². The second-order valence-electron chi connectivity index (χ2n) is 7.69. The zero-order valence-electron chi connectivity index (χ0n) is 18.2. The normalized spacial score (nSPS) is 10.9. The second kappa shape index (κ2) is 9.04. The van der Waals surface area contributed by atoms with E-state index in [-0.39, 0.29) is 5.69 Å². The number of benzene rings is 3. The number of hydrogen-bond acceptors (Lipinski definition) is 4. The van der Waals surface area contributed by atoms with Crippen molar-refractivity contribution < 1.29 is 9.47 Å². The summed E-state index contributed by atoms with van der Waals surface area (Å²) in [4.78, 5) is 17.7. The maximum Gasteiger partial charge on any atom is 0.333 e. The summed E-state index contributed by atoms with van der Waals surface area (Å²) in [5.41, 5.74) is 4.07. The molecule has 5 aromatic rings. The quantitative estimate of drug-likeness (QED) is 0.364. The molecule has 0 N–H and O–H groups in total. The van der Waals surface area contributed by atoms with Crippen molar-refractivity contribution in [3.8, 4) is 17.4 Å². The molecule has 0 saturated carbocycles. The lowest BCUT2D eigenvalue weighted by Crippen LogP contribution is -2.21. The summed E-state index contributed by atoms with van der Waals surface area (Å²) >= 11 is 0. The minimum absolute atomic E-state index is 0.166. The number of aryl methyl sites for hydroxylation is 1. The number of aromatic nitrogens is 3. The summed E-state index contributed by atoms with van der Waals surface area (Å²) in [6.07, 6.45) is 0. The summed E-state index contributed by atoms with van der Waals surface area (Å²) in [5.74, 6) is 0.766. The van der Waals surface area contributed by atoms with Gasteiger partial charge in [0, 0.05) is 13.1 Å². The fourth-order valence-electron chi connectivity index (χ4n) is 3.76. The second-order valence-corrected chi connectivity index (χ2v) is 7.69. The molecule has 0 amide bonds. The highest BCUT2D eigenvalue weighted by Crippen LogP contribution is 2.27. The van der Waals surface area contributed by atoms with Crippen LogP contribution in [0.4, 0.5) is 0 Å². The van der Waals surface area contributed by atoms with Gasteiger partial charge in [-0.3, -0.25) is 9.13 Å². The first-order valence-electron chi connectivity index (χ1n) is 10.7. The monoisotopic (exact) mass is 437 g/mol. The lowest BCUT2D eigenvalue weighted by atomic mass is 10.2. The molecule has 0 aliphatic carbocycles. The highest BCUT2D eigenvalue weighted by Gasteiger charge is 2.18. The van der Waals surface area contributed by atoms with Crippen molar-refractivity contribution in [2.75, 3.05) is 0 Å². The Labute approximate surface area is 191 Å². The molecule has 33 heavy (non-hydrogen) atoms. The summed E-state index contributed by atoms with van der Waals surface area (Å²) in [6, 6.07) is 31.0. The maximum absolute atomic E-state index is 13.1. The van der Waals surface area contributed by atoms with Crippen LogP contribution in [0.3, 0.4) is 0 Å². The smallest absolute Gasteiger partial charge is 0.333 e. The molecule has 5 rings (SSSR count). The van der Waals surface area contributed by atoms with Gasteiger partial charge in [-0.05, 0) is 29.3 Å². The van der Waals surface area contributed by atoms with Crippen LogP contribution in [0.15, 0.2) is 102 Å². The largest absolute Gasteiger partial charge is 0.473 e. The van der Waals surface area contributed by atoms with Crippen molar-refractivity contribution in [2.24, 2.45) is 7.05 Å². The van der Waals surface area contributed by atoms with Gasteiger partial charge in [-0.1, -0.05) is 72.8 Å². The van der Waals surface area contributed by atoms with Crippen molar-refractivity contribution in [3.05, 3.63) is 119 Å². The Balaban J connectivity index is 1.54. The minimum atomic E-state index is -0.166. The Morgan fingerprint density at radius 1 is 0.697 bits per heavy atom. The molecule has 0 radical (unpaired) electrons. The van der Waals surface area contributed by atoms with E-state index in [1.54, 1.807) is 22.2 Å². The molecule has 0 atom stereocenters. The lowest BCUT2D eigenvalue weighted by molar-refractivity contribution is 0.267. The average molecular weight is 437 g/mol. The molecule has 0 bridgehead atoms. The van der Waals surface area contributed by atoms with Crippen molar-refractivity contribution in [3.63, 3.8) is 0 Å². The molecule has 2 aromatic heterocycles. The van der Waals surface area contributed by atoms with Crippen LogP contribution in [0.25, 0.3) is 16.7 Å². The third-order valence-electron chi connectivity index (χ3n) is 5.47. The van der Waals surface area contributed by atoms with E-state index in [0.717, 1.165) is 22.2 Å². The number of fused-ring (bicyclic) bond motifs is 1. The molecule has 0 unspecified atom stereocenters. The summed E-state index contributed by atoms with van der Waals surface area (Å²) < 4.78 is 15.3. The van der Waals surface area contributed by atoms with E-state index in [0.29, 0.717) is 30.7 Å². The average Bonchev–Trinajstić information content (AvgIpc) is 3.12. The van der Waals surface area contributed by atoms with Crippen LogP contribution in [0.2, 0.25) is 0 Å². The fourth-order valence-corrected chi connectivity index (χ4v) is 3.76. The van der Waals surface area contributed by atoms with E-state index < -0.39 is 0 Å². The summed E-state index contributed by atoms with van der Waals surface area (Å²) in [5, 5.41) is 0. The molecule has 0 fully saturated rings. The van der Waals surface area contributed by atoms with Gasteiger partial charge in [0.05, 0.1) is 11.0 Å².